The topological polar surface area (TPSA) is 91.7 Å². The first-order valence-electron chi connectivity index (χ1n) is 6.25. The zero-order valence-corrected chi connectivity index (χ0v) is 11.7. The number of carboxylic acid groups (broad SMARTS) is 1. The minimum absolute atomic E-state index is 0.0675. The lowest BCUT2D eigenvalue weighted by Crippen LogP contribution is -2.10. The molecule has 0 aliphatic rings. The highest BCUT2D eigenvalue weighted by atomic mass is 32.2. The molecule has 1 aromatic rings. The Balaban J connectivity index is 2.75. The summed E-state index contributed by atoms with van der Waals surface area (Å²) in [5.41, 5.74) is -0.288. The van der Waals surface area contributed by atoms with Gasteiger partial charge in [-0.25, -0.2) is 17.6 Å². The summed E-state index contributed by atoms with van der Waals surface area (Å²) in [6.45, 7) is 0.0675. The van der Waals surface area contributed by atoms with E-state index in [1.165, 1.54) is 0 Å². The van der Waals surface area contributed by atoms with E-state index in [1.54, 1.807) is 0 Å². The molecule has 0 radical (unpaired) electrons. The van der Waals surface area contributed by atoms with E-state index >= 15 is 0 Å². The summed E-state index contributed by atoms with van der Waals surface area (Å²) in [6.07, 6.45) is 2.34. The molecule has 2 N–H and O–H groups in total. The predicted octanol–water partition coefficient (Wildman–Crippen LogP) is 1.85. The number of halogens is 1. The number of aliphatic hydroxyl groups is 1. The molecule has 112 valence electrons. The fourth-order valence-corrected chi connectivity index (χ4v) is 3.19. The summed E-state index contributed by atoms with van der Waals surface area (Å²) in [5, 5.41) is 17.3. The SMILES string of the molecule is O=C(O)c1ccc(S(=O)(=O)CCCCCCO)c(F)c1. The fourth-order valence-electron chi connectivity index (χ4n) is 1.75. The van der Waals surface area contributed by atoms with Gasteiger partial charge in [-0.05, 0) is 31.0 Å². The summed E-state index contributed by atoms with van der Waals surface area (Å²) < 4.78 is 37.5. The molecule has 0 fully saturated rings. The Morgan fingerprint density at radius 3 is 2.35 bits per heavy atom. The number of benzene rings is 1. The van der Waals surface area contributed by atoms with Gasteiger partial charge in [0.1, 0.15) is 10.7 Å². The molecule has 0 amide bonds. The standard InChI is InChI=1S/C13H17FO5S/c14-11-9-10(13(16)17)5-6-12(11)20(18,19)8-4-2-1-3-7-15/h5-6,9,15H,1-4,7-8H2,(H,16,17). The lowest BCUT2D eigenvalue weighted by molar-refractivity contribution is 0.0696. The number of aromatic carboxylic acids is 1. The van der Waals surface area contributed by atoms with Gasteiger partial charge in [-0.1, -0.05) is 12.8 Å². The molecule has 20 heavy (non-hydrogen) atoms. The number of aliphatic hydroxyl groups excluding tert-OH is 1. The van der Waals surface area contributed by atoms with E-state index in [1.807, 2.05) is 0 Å². The number of unbranched alkanes of at least 4 members (excludes halogenated alkanes) is 3. The van der Waals surface area contributed by atoms with Crippen molar-refractivity contribution in [1.82, 2.24) is 0 Å². The van der Waals surface area contributed by atoms with E-state index in [2.05, 4.69) is 0 Å². The summed E-state index contributed by atoms with van der Waals surface area (Å²) in [5.74, 6) is -2.54. The number of carboxylic acids is 1. The van der Waals surface area contributed by atoms with Crippen LogP contribution in [0.4, 0.5) is 4.39 Å². The van der Waals surface area contributed by atoms with Gasteiger partial charge >= 0.3 is 5.97 Å². The highest BCUT2D eigenvalue weighted by Gasteiger charge is 2.20. The third-order valence-corrected chi connectivity index (χ3v) is 4.66. The van der Waals surface area contributed by atoms with E-state index < -0.39 is 26.5 Å². The van der Waals surface area contributed by atoms with Gasteiger partial charge in [0.05, 0.1) is 11.3 Å². The molecule has 0 aliphatic carbocycles. The van der Waals surface area contributed by atoms with Crippen molar-refractivity contribution in [3.8, 4) is 0 Å². The molecular formula is C13H17FO5S. The lowest BCUT2D eigenvalue weighted by atomic mass is 10.2. The Labute approximate surface area is 117 Å². The molecule has 7 heteroatoms. The van der Waals surface area contributed by atoms with Gasteiger partial charge in [0.15, 0.2) is 9.84 Å². The van der Waals surface area contributed by atoms with Gasteiger partial charge in [0.2, 0.25) is 0 Å². The average Bonchev–Trinajstić information content (AvgIpc) is 2.37. The van der Waals surface area contributed by atoms with Gasteiger partial charge in [-0.2, -0.15) is 0 Å². The lowest BCUT2D eigenvalue weighted by Gasteiger charge is -2.06. The van der Waals surface area contributed by atoms with Crippen LogP contribution < -0.4 is 0 Å². The van der Waals surface area contributed by atoms with Crippen LogP contribution in [0.15, 0.2) is 23.1 Å². The Hall–Kier alpha value is -1.47. The molecule has 0 spiro atoms. The van der Waals surface area contributed by atoms with Crippen LogP contribution in [-0.4, -0.2) is 37.0 Å². The molecule has 0 atom stereocenters. The zero-order valence-electron chi connectivity index (χ0n) is 10.9. The zero-order chi connectivity index (χ0) is 15.2. The van der Waals surface area contributed by atoms with E-state index in [0.29, 0.717) is 31.7 Å². The number of hydrogen-bond donors (Lipinski definition) is 2. The van der Waals surface area contributed by atoms with Crippen LogP contribution in [0.5, 0.6) is 0 Å². The van der Waals surface area contributed by atoms with Crippen LogP contribution in [0.1, 0.15) is 36.0 Å². The highest BCUT2D eigenvalue weighted by molar-refractivity contribution is 7.91. The van der Waals surface area contributed by atoms with E-state index in [0.717, 1.165) is 12.1 Å². The molecule has 0 saturated heterocycles. The summed E-state index contributed by atoms with van der Waals surface area (Å²) in [6, 6.07) is 2.77. The van der Waals surface area contributed by atoms with Crippen molar-refractivity contribution >= 4 is 15.8 Å². The van der Waals surface area contributed by atoms with Crippen molar-refractivity contribution in [3.05, 3.63) is 29.6 Å². The normalized spacial score (nSPS) is 11.5. The monoisotopic (exact) mass is 304 g/mol. The number of hydrogen-bond acceptors (Lipinski definition) is 4. The maximum atomic E-state index is 13.7. The van der Waals surface area contributed by atoms with Crippen LogP contribution in [-0.2, 0) is 9.84 Å². The van der Waals surface area contributed by atoms with Gasteiger partial charge in [-0.3, -0.25) is 0 Å². The largest absolute Gasteiger partial charge is 0.478 e. The van der Waals surface area contributed by atoms with Crippen molar-refractivity contribution in [1.29, 1.82) is 0 Å². The summed E-state index contributed by atoms with van der Waals surface area (Å²) in [4.78, 5) is 10.2. The molecule has 0 heterocycles. The Kier molecular flexibility index (Phi) is 6.09. The minimum atomic E-state index is -3.75. The third kappa shape index (κ3) is 4.57. The first-order chi connectivity index (χ1) is 9.38. The quantitative estimate of drug-likeness (QED) is 0.715. The van der Waals surface area contributed by atoms with Crippen molar-refractivity contribution in [2.45, 2.75) is 30.6 Å². The predicted molar refractivity (Wildman–Crippen MR) is 71.0 cm³/mol. The first kappa shape index (κ1) is 16.6. The Morgan fingerprint density at radius 2 is 1.80 bits per heavy atom. The van der Waals surface area contributed by atoms with E-state index in [4.69, 9.17) is 10.2 Å². The van der Waals surface area contributed by atoms with Crippen LogP contribution in [0.3, 0.4) is 0 Å². The molecule has 0 bridgehead atoms. The van der Waals surface area contributed by atoms with Gasteiger partial charge in [0.25, 0.3) is 0 Å². The number of carbonyl (C=O) groups is 1. The summed E-state index contributed by atoms with van der Waals surface area (Å²) in [7, 11) is -3.75. The maximum Gasteiger partial charge on any atom is 0.335 e. The maximum absolute atomic E-state index is 13.7. The van der Waals surface area contributed by atoms with Crippen molar-refractivity contribution in [2.75, 3.05) is 12.4 Å². The minimum Gasteiger partial charge on any atom is -0.478 e. The second-order valence-corrected chi connectivity index (χ2v) is 6.48. The van der Waals surface area contributed by atoms with E-state index in [9.17, 15) is 17.6 Å². The molecule has 0 aliphatic heterocycles. The van der Waals surface area contributed by atoms with Gasteiger partial charge in [-0.15, -0.1) is 0 Å². The van der Waals surface area contributed by atoms with Crippen LogP contribution in [0, 0.1) is 5.82 Å². The summed E-state index contributed by atoms with van der Waals surface area (Å²) >= 11 is 0. The third-order valence-electron chi connectivity index (χ3n) is 2.84. The highest BCUT2D eigenvalue weighted by Crippen LogP contribution is 2.19. The smallest absolute Gasteiger partial charge is 0.335 e. The molecule has 1 rings (SSSR count). The second kappa shape index (κ2) is 7.35. The average molecular weight is 304 g/mol. The van der Waals surface area contributed by atoms with Crippen molar-refractivity contribution in [2.24, 2.45) is 0 Å². The van der Waals surface area contributed by atoms with Crippen LogP contribution in [0.25, 0.3) is 0 Å². The van der Waals surface area contributed by atoms with Crippen LogP contribution in [0.2, 0.25) is 0 Å². The first-order valence-corrected chi connectivity index (χ1v) is 7.90. The Morgan fingerprint density at radius 1 is 1.15 bits per heavy atom. The number of rotatable bonds is 8. The van der Waals surface area contributed by atoms with Crippen molar-refractivity contribution in [3.63, 3.8) is 0 Å². The van der Waals surface area contributed by atoms with Gasteiger partial charge in [0, 0.05) is 6.61 Å². The van der Waals surface area contributed by atoms with Crippen molar-refractivity contribution < 1.29 is 27.8 Å². The molecule has 0 unspecified atom stereocenters. The molecule has 0 aromatic heterocycles. The molecular weight excluding hydrogens is 287 g/mol. The van der Waals surface area contributed by atoms with Crippen LogP contribution >= 0.6 is 0 Å². The molecule has 0 saturated carbocycles. The van der Waals surface area contributed by atoms with E-state index in [-0.39, 0.29) is 17.9 Å². The second-order valence-electron chi connectivity index (χ2n) is 4.41. The Bertz CT molecular complexity index is 568. The molecule has 5 nitrogen and oxygen atoms in total. The molecule has 1 aromatic carbocycles. The number of sulfone groups is 1. The fraction of sp³-hybridized carbons (Fsp3) is 0.462. The van der Waals surface area contributed by atoms with Gasteiger partial charge < -0.3 is 10.2 Å².